The maximum absolute atomic E-state index is 10.6. The molecular weight excluding hydrogens is 388 g/mol. The quantitative estimate of drug-likeness (QED) is 0.393. The lowest BCUT2D eigenvalue weighted by atomic mass is 9.81. The Morgan fingerprint density at radius 2 is 2.11 bits per heavy atom. The van der Waals surface area contributed by atoms with Gasteiger partial charge in [-0.25, -0.2) is 15.0 Å². The monoisotopic (exact) mass is 412 g/mol. The minimum Gasteiger partial charge on any atom is -0.383 e. The van der Waals surface area contributed by atoms with E-state index in [0.717, 1.165) is 63.2 Å². The van der Waals surface area contributed by atoms with Gasteiger partial charge in [-0.05, 0) is 67.7 Å². The smallest absolute Gasteiger partial charge is 0.228 e. The molecule has 0 radical (unpaired) electrons. The van der Waals surface area contributed by atoms with Crippen LogP contribution in [0.4, 0.5) is 11.6 Å². The van der Waals surface area contributed by atoms with Crippen molar-refractivity contribution in [3.05, 3.63) is 47.2 Å². The molecule has 2 heterocycles. The van der Waals surface area contributed by atoms with E-state index in [-0.39, 0.29) is 0 Å². The first kappa shape index (κ1) is 19.4. The number of thiazole rings is 1. The maximum atomic E-state index is 10.6. The van der Waals surface area contributed by atoms with Crippen molar-refractivity contribution in [1.29, 1.82) is 0 Å². The molecule has 0 saturated heterocycles. The van der Waals surface area contributed by atoms with Crippen molar-refractivity contribution in [2.75, 3.05) is 11.1 Å². The summed E-state index contributed by atoms with van der Waals surface area (Å²) < 4.78 is 0. The van der Waals surface area contributed by atoms with Crippen molar-refractivity contribution < 1.29 is 5.11 Å². The molecule has 7 heteroatoms. The Balaban J connectivity index is 1.56. The first-order valence-electron chi connectivity index (χ1n) is 9.59. The van der Waals surface area contributed by atoms with Gasteiger partial charge in [0.2, 0.25) is 5.95 Å². The molecule has 1 fully saturated rings. The third-order valence-corrected chi connectivity index (χ3v) is 7.16. The van der Waals surface area contributed by atoms with Crippen LogP contribution >= 0.6 is 23.1 Å². The Morgan fingerprint density at radius 3 is 2.86 bits per heavy atom. The van der Waals surface area contributed by atoms with E-state index in [0.29, 0.717) is 5.95 Å². The summed E-state index contributed by atoms with van der Waals surface area (Å²) in [5.74, 6) is 1.65. The number of benzene rings is 1. The minimum atomic E-state index is -0.710. The summed E-state index contributed by atoms with van der Waals surface area (Å²) >= 11 is 3.32. The highest BCUT2D eigenvalue weighted by molar-refractivity contribution is 7.99. The largest absolute Gasteiger partial charge is 0.383 e. The van der Waals surface area contributed by atoms with Crippen LogP contribution in [-0.2, 0) is 5.60 Å². The zero-order valence-corrected chi connectivity index (χ0v) is 17.7. The van der Waals surface area contributed by atoms with Crippen LogP contribution in [-0.4, -0.2) is 25.8 Å². The van der Waals surface area contributed by atoms with Gasteiger partial charge in [-0.2, -0.15) is 0 Å². The molecule has 2 N–H and O–H groups in total. The van der Waals surface area contributed by atoms with Crippen molar-refractivity contribution in [2.24, 2.45) is 0 Å². The lowest BCUT2D eigenvalue weighted by molar-refractivity contribution is -0.0389. The van der Waals surface area contributed by atoms with Crippen LogP contribution in [0.15, 0.2) is 41.7 Å². The van der Waals surface area contributed by atoms with E-state index in [1.165, 1.54) is 0 Å². The average molecular weight is 413 g/mol. The average Bonchev–Trinajstić information content (AvgIpc) is 3.15. The zero-order chi connectivity index (χ0) is 19.6. The summed E-state index contributed by atoms with van der Waals surface area (Å²) in [5, 5.41) is 15.7. The molecule has 4 rings (SSSR count). The van der Waals surface area contributed by atoms with Gasteiger partial charge in [-0.1, -0.05) is 13.0 Å². The molecule has 146 valence electrons. The first-order chi connectivity index (χ1) is 13.6. The summed E-state index contributed by atoms with van der Waals surface area (Å²) in [6.45, 7) is 4.24. The van der Waals surface area contributed by atoms with E-state index in [1.54, 1.807) is 29.3 Å². The predicted octanol–water partition coefficient (Wildman–Crippen LogP) is 5.53. The topological polar surface area (TPSA) is 70.9 Å². The van der Waals surface area contributed by atoms with Gasteiger partial charge in [0.05, 0.1) is 4.88 Å². The summed E-state index contributed by atoms with van der Waals surface area (Å²) in [6, 6.07) is 8.25. The van der Waals surface area contributed by atoms with Crippen LogP contribution < -0.4 is 5.32 Å². The Morgan fingerprint density at radius 1 is 1.25 bits per heavy atom. The molecule has 1 aliphatic carbocycles. The summed E-state index contributed by atoms with van der Waals surface area (Å²) in [4.78, 5) is 14.5. The van der Waals surface area contributed by atoms with Gasteiger partial charge in [-0.15, -0.1) is 23.1 Å². The maximum Gasteiger partial charge on any atom is 0.228 e. The van der Waals surface area contributed by atoms with E-state index in [2.05, 4.69) is 52.3 Å². The van der Waals surface area contributed by atoms with Gasteiger partial charge in [0, 0.05) is 18.1 Å². The number of aromatic nitrogens is 3. The Hall–Kier alpha value is -1.96. The molecule has 28 heavy (non-hydrogen) atoms. The van der Waals surface area contributed by atoms with Gasteiger partial charge in [-0.3, -0.25) is 0 Å². The van der Waals surface area contributed by atoms with Crippen molar-refractivity contribution in [3.63, 3.8) is 0 Å². The van der Waals surface area contributed by atoms with Crippen LogP contribution in [0.1, 0.15) is 43.2 Å². The third-order valence-electron chi connectivity index (χ3n) is 4.79. The normalized spacial score (nSPS) is 15.2. The molecule has 0 atom stereocenters. The second-order valence-electron chi connectivity index (χ2n) is 7.19. The Kier molecular flexibility index (Phi) is 5.66. The van der Waals surface area contributed by atoms with E-state index < -0.39 is 5.60 Å². The number of anilines is 2. The number of aliphatic hydroxyl groups is 1. The molecule has 0 spiro atoms. The number of thioether (sulfide) groups is 1. The number of nitrogens with one attached hydrogen (secondary N) is 1. The summed E-state index contributed by atoms with van der Waals surface area (Å²) in [6.07, 6.45) is 7.46. The molecule has 0 unspecified atom stereocenters. The van der Waals surface area contributed by atoms with Crippen LogP contribution in [0.2, 0.25) is 0 Å². The van der Waals surface area contributed by atoms with Gasteiger partial charge in [0.1, 0.15) is 15.6 Å². The molecule has 0 aliphatic heterocycles. The molecular formula is C21H24N4OS2. The fourth-order valence-corrected chi connectivity index (χ4v) is 4.93. The molecule has 0 bridgehead atoms. The fraction of sp³-hybridized carbons (Fsp3) is 0.381. The number of nitrogens with zero attached hydrogens (tertiary/aromatic N) is 3. The number of aryl methyl sites for hydroxylation is 1. The van der Waals surface area contributed by atoms with Crippen molar-refractivity contribution >= 4 is 34.7 Å². The first-order valence-corrected chi connectivity index (χ1v) is 11.4. The molecule has 5 nitrogen and oxygen atoms in total. The lowest BCUT2D eigenvalue weighted by Gasteiger charge is -2.34. The highest BCUT2D eigenvalue weighted by Crippen LogP contribution is 2.44. The third kappa shape index (κ3) is 4.21. The molecule has 1 saturated carbocycles. The van der Waals surface area contributed by atoms with E-state index in [4.69, 9.17) is 0 Å². The number of hydrogen-bond donors (Lipinski definition) is 2. The van der Waals surface area contributed by atoms with Crippen LogP contribution in [0.3, 0.4) is 0 Å². The van der Waals surface area contributed by atoms with Crippen LogP contribution in [0, 0.1) is 6.92 Å². The molecule has 0 amide bonds. The Labute approximate surface area is 173 Å². The molecule has 3 aromatic rings. The van der Waals surface area contributed by atoms with E-state index in [1.807, 2.05) is 12.3 Å². The SMILES string of the molecule is CCCSc1ccnc(Nc2cc(C)cc(-c3cnc(C4(O)CCC4)s3)c2)n1. The van der Waals surface area contributed by atoms with Gasteiger partial charge < -0.3 is 10.4 Å². The lowest BCUT2D eigenvalue weighted by Crippen LogP contribution is -2.33. The van der Waals surface area contributed by atoms with E-state index in [9.17, 15) is 5.11 Å². The summed E-state index contributed by atoms with van der Waals surface area (Å²) in [5.41, 5.74) is 2.47. The number of rotatable bonds is 7. The van der Waals surface area contributed by atoms with Crippen molar-refractivity contribution in [3.8, 4) is 10.4 Å². The zero-order valence-electron chi connectivity index (χ0n) is 16.1. The highest BCUT2D eigenvalue weighted by Gasteiger charge is 2.39. The van der Waals surface area contributed by atoms with E-state index >= 15 is 0 Å². The molecule has 1 aromatic carbocycles. The van der Waals surface area contributed by atoms with Gasteiger partial charge >= 0.3 is 0 Å². The Bertz CT molecular complexity index is 969. The molecule has 2 aromatic heterocycles. The summed E-state index contributed by atoms with van der Waals surface area (Å²) in [7, 11) is 0. The predicted molar refractivity (Wildman–Crippen MR) is 116 cm³/mol. The van der Waals surface area contributed by atoms with Gasteiger partial charge in [0.25, 0.3) is 0 Å². The molecule has 1 aliphatic rings. The minimum absolute atomic E-state index is 0.603. The highest BCUT2D eigenvalue weighted by atomic mass is 32.2. The van der Waals surface area contributed by atoms with Gasteiger partial charge in [0.15, 0.2) is 0 Å². The standard InChI is InChI=1S/C21H24N4OS2/c1-3-9-27-18-5-8-22-20(25-18)24-16-11-14(2)10-15(12-16)17-13-23-19(28-17)21(26)6-4-7-21/h5,8,10-13,26H,3-4,6-7,9H2,1-2H3,(H,22,24,25). The number of hydrogen-bond acceptors (Lipinski definition) is 7. The second kappa shape index (κ2) is 8.19. The van der Waals surface area contributed by atoms with Crippen LogP contribution in [0.25, 0.3) is 10.4 Å². The second-order valence-corrected chi connectivity index (χ2v) is 9.34. The van der Waals surface area contributed by atoms with Crippen LogP contribution in [0.5, 0.6) is 0 Å². The van der Waals surface area contributed by atoms with Crippen molar-refractivity contribution in [1.82, 2.24) is 15.0 Å². The van der Waals surface area contributed by atoms with Crippen molar-refractivity contribution in [2.45, 2.75) is 50.2 Å². The fourth-order valence-electron chi connectivity index (χ4n) is 3.16.